The molecule has 0 aromatic heterocycles. The zero-order valence-electron chi connectivity index (χ0n) is 47.5. The van der Waals surface area contributed by atoms with Crippen molar-refractivity contribution in [2.75, 3.05) is 40.9 Å². The minimum absolute atomic E-state index is 0.0168. The molecule has 0 bridgehead atoms. The van der Waals surface area contributed by atoms with Crippen LogP contribution in [-0.2, 0) is 27.9 Å². The number of ether oxygens (including phenoxy) is 1. The number of unbranched alkanes of at least 4 members (excludes halogenated alkanes) is 40. The van der Waals surface area contributed by atoms with E-state index in [-0.39, 0.29) is 31.5 Å². The fourth-order valence-electron chi connectivity index (χ4n) is 9.23. The van der Waals surface area contributed by atoms with Gasteiger partial charge in [0.1, 0.15) is 19.3 Å². The van der Waals surface area contributed by atoms with Gasteiger partial charge in [-0.2, -0.15) is 0 Å². The lowest BCUT2D eigenvalue weighted by Crippen LogP contribution is -2.47. The van der Waals surface area contributed by atoms with Gasteiger partial charge in [-0.3, -0.25) is 14.2 Å². The lowest BCUT2D eigenvalue weighted by atomic mass is 10.0. The van der Waals surface area contributed by atoms with Crippen molar-refractivity contribution >= 4 is 19.7 Å². The number of nitrogens with one attached hydrogen (secondary N) is 1. The zero-order chi connectivity index (χ0) is 51.5. The largest absolute Gasteiger partial charge is 0.756 e. The van der Waals surface area contributed by atoms with Crippen LogP contribution in [0.3, 0.4) is 0 Å². The van der Waals surface area contributed by atoms with Crippen LogP contribution in [0.4, 0.5) is 0 Å². The maximum atomic E-state index is 13.5. The normalized spacial score (nSPS) is 13.8. The molecule has 1 amide bonds. The lowest BCUT2D eigenvalue weighted by molar-refractivity contribution is -0.870. The lowest BCUT2D eigenvalue weighted by Gasteiger charge is -2.30. The van der Waals surface area contributed by atoms with E-state index in [0.29, 0.717) is 17.4 Å². The SMILES string of the molecule is CCCCCCCCCCCCC/C=C/C(OC(=O)CCCCCCCCCCCCCCCC)C(COP(=O)([O-])OCC[N+](C)(C)C)NC(=O)CCCCCCCCCCCCCCCCCCC. The van der Waals surface area contributed by atoms with Gasteiger partial charge in [0.2, 0.25) is 5.91 Å². The predicted octanol–water partition coefficient (Wildman–Crippen LogP) is 17.8. The third kappa shape index (κ3) is 51.6. The van der Waals surface area contributed by atoms with E-state index in [1.807, 2.05) is 33.3 Å². The Morgan fingerprint density at radius 3 is 1.17 bits per heavy atom. The Bertz CT molecular complexity index is 1210. The monoisotopic (exact) mass is 1010 g/mol. The zero-order valence-corrected chi connectivity index (χ0v) is 48.4. The molecular formula is C60H119N2O7P. The number of allylic oxidation sites excluding steroid dienone is 1. The van der Waals surface area contributed by atoms with Crippen LogP contribution in [0.1, 0.15) is 310 Å². The first-order valence-electron chi connectivity index (χ1n) is 30.5. The van der Waals surface area contributed by atoms with Gasteiger partial charge in [0, 0.05) is 12.8 Å². The number of nitrogens with zero attached hydrogens (tertiary/aromatic N) is 1. The van der Waals surface area contributed by atoms with E-state index in [1.165, 1.54) is 218 Å². The smallest absolute Gasteiger partial charge is 0.306 e. The first-order chi connectivity index (χ1) is 33.9. The summed E-state index contributed by atoms with van der Waals surface area (Å²) in [5.41, 5.74) is 0. The number of rotatable bonds is 56. The number of phosphoric ester groups is 1. The molecule has 0 spiro atoms. The number of likely N-dealkylation sites (N-methyl/N-ethyl adjacent to an activating group) is 1. The van der Waals surface area contributed by atoms with Gasteiger partial charge in [0.25, 0.3) is 7.82 Å². The first-order valence-corrected chi connectivity index (χ1v) is 32.0. The third-order valence-electron chi connectivity index (χ3n) is 14.0. The molecule has 0 aliphatic carbocycles. The molecule has 3 unspecified atom stereocenters. The highest BCUT2D eigenvalue weighted by Crippen LogP contribution is 2.38. The van der Waals surface area contributed by atoms with E-state index >= 15 is 0 Å². The van der Waals surface area contributed by atoms with Crippen LogP contribution in [0.2, 0.25) is 0 Å². The fraction of sp³-hybridized carbons (Fsp3) is 0.933. The van der Waals surface area contributed by atoms with Crippen molar-refractivity contribution in [3.05, 3.63) is 12.2 Å². The van der Waals surface area contributed by atoms with Crippen LogP contribution >= 0.6 is 7.82 Å². The summed E-state index contributed by atoms with van der Waals surface area (Å²) in [6.45, 7) is 6.89. The summed E-state index contributed by atoms with van der Waals surface area (Å²) in [5.74, 6) is -0.520. The summed E-state index contributed by atoms with van der Waals surface area (Å²) in [7, 11) is 1.21. The van der Waals surface area contributed by atoms with Crippen molar-refractivity contribution in [3.8, 4) is 0 Å². The Hall–Kier alpha value is -1.25. The van der Waals surface area contributed by atoms with Crippen molar-refractivity contribution in [1.29, 1.82) is 0 Å². The summed E-state index contributed by atoms with van der Waals surface area (Å²) >= 11 is 0. The van der Waals surface area contributed by atoms with Crippen LogP contribution in [0.25, 0.3) is 0 Å². The summed E-state index contributed by atoms with van der Waals surface area (Å²) < 4.78 is 30.3. The quantitative estimate of drug-likeness (QED) is 0.0212. The second kappa shape index (κ2) is 51.2. The molecule has 70 heavy (non-hydrogen) atoms. The van der Waals surface area contributed by atoms with Crippen LogP contribution < -0.4 is 10.2 Å². The van der Waals surface area contributed by atoms with Crippen molar-refractivity contribution in [2.24, 2.45) is 0 Å². The van der Waals surface area contributed by atoms with Crippen molar-refractivity contribution < 1.29 is 37.3 Å². The number of hydrogen-bond donors (Lipinski definition) is 1. The van der Waals surface area contributed by atoms with Crippen LogP contribution in [0, 0.1) is 0 Å². The Balaban J connectivity index is 5.27. The molecule has 0 saturated heterocycles. The van der Waals surface area contributed by atoms with E-state index < -0.39 is 20.0 Å². The minimum Gasteiger partial charge on any atom is -0.756 e. The van der Waals surface area contributed by atoms with Crippen LogP contribution in [-0.4, -0.2) is 69.4 Å². The molecule has 9 nitrogen and oxygen atoms in total. The molecule has 3 atom stereocenters. The molecule has 0 aromatic carbocycles. The molecule has 10 heteroatoms. The average Bonchev–Trinajstić information content (AvgIpc) is 3.32. The van der Waals surface area contributed by atoms with Gasteiger partial charge in [-0.15, -0.1) is 0 Å². The van der Waals surface area contributed by atoms with E-state index in [1.54, 1.807) is 0 Å². The van der Waals surface area contributed by atoms with Crippen molar-refractivity contribution in [3.63, 3.8) is 0 Å². The maximum Gasteiger partial charge on any atom is 0.306 e. The number of carbonyl (C=O) groups excluding carboxylic acids is 2. The van der Waals surface area contributed by atoms with Crippen LogP contribution in [0.5, 0.6) is 0 Å². The molecule has 0 rings (SSSR count). The number of carbonyl (C=O) groups is 2. The van der Waals surface area contributed by atoms with Crippen LogP contribution in [0.15, 0.2) is 12.2 Å². The highest BCUT2D eigenvalue weighted by Gasteiger charge is 2.27. The summed E-state index contributed by atoms with van der Waals surface area (Å²) in [6, 6.07) is -0.878. The second-order valence-electron chi connectivity index (χ2n) is 22.2. The van der Waals surface area contributed by atoms with E-state index in [2.05, 4.69) is 26.1 Å². The molecule has 0 heterocycles. The topological polar surface area (TPSA) is 114 Å². The highest BCUT2D eigenvalue weighted by atomic mass is 31.2. The Morgan fingerprint density at radius 2 is 0.814 bits per heavy atom. The van der Waals surface area contributed by atoms with Gasteiger partial charge < -0.3 is 28.5 Å². The van der Waals surface area contributed by atoms with E-state index in [9.17, 15) is 19.0 Å². The molecule has 416 valence electrons. The number of quaternary nitrogens is 1. The number of amides is 1. The van der Waals surface area contributed by atoms with Gasteiger partial charge in [-0.05, 0) is 31.8 Å². The van der Waals surface area contributed by atoms with Gasteiger partial charge >= 0.3 is 5.97 Å². The molecule has 0 aromatic rings. The molecule has 0 fully saturated rings. The fourth-order valence-corrected chi connectivity index (χ4v) is 9.95. The maximum absolute atomic E-state index is 13.5. The molecule has 0 saturated carbocycles. The average molecular weight is 1010 g/mol. The number of phosphoric acid groups is 1. The van der Waals surface area contributed by atoms with Gasteiger partial charge in [0.05, 0.1) is 33.8 Å². The molecule has 0 radical (unpaired) electrons. The first kappa shape index (κ1) is 68.8. The standard InChI is InChI=1S/C60H119N2O7P/c1-7-10-13-16-19-22-25-28-30-31-32-34-37-40-43-46-49-52-59(63)61-57(56-68-70(65,66)67-55-54-62(4,5)6)58(51-48-45-42-39-36-33-27-24-21-18-15-12-9-3)69-60(64)53-50-47-44-41-38-35-29-26-23-20-17-14-11-8-2/h48,51,57-58H,7-47,49-50,52-56H2,1-6H3,(H-,61,63,65,66)/b51-48+. The Morgan fingerprint density at radius 1 is 0.486 bits per heavy atom. The van der Waals surface area contributed by atoms with Gasteiger partial charge in [0.15, 0.2) is 0 Å². The Kier molecular flexibility index (Phi) is 50.3. The van der Waals surface area contributed by atoms with Crippen molar-refractivity contribution in [2.45, 2.75) is 322 Å². The minimum atomic E-state index is -4.69. The molecule has 1 N–H and O–H groups in total. The van der Waals surface area contributed by atoms with Crippen molar-refractivity contribution in [1.82, 2.24) is 5.32 Å². The molecule has 0 aliphatic rings. The highest BCUT2D eigenvalue weighted by molar-refractivity contribution is 7.45. The summed E-state index contributed by atoms with van der Waals surface area (Å²) in [5, 5.41) is 3.04. The number of hydrogen-bond acceptors (Lipinski definition) is 7. The van der Waals surface area contributed by atoms with Gasteiger partial charge in [-0.25, -0.2) is 0 Å². The third-order valence-corrected chi connectivity index (χ3v) is 14.9. The molecule has 0 aliphatic heterocycles. The summed E-state index contributed by atoms with van der Waals surface area (Å²) in [4.78, 5) is 39.9. The predicted molar refractivity (Wildman–Crippen MR) is 298 cm³/mol. The second-order valence-corrected chi connectivity index (χ2v) is 23.6. The summed E-state index contributed by atoms with van der Waals surface area (Å²) in [6.07, 6.45) is 57.4. The van der Waals surface area contributed by atoms with E-state index in [0.717, 1.165) is 57.8 Å². The Labute approximate surface area is 435 Å². The molecular weight excluding hydrogens is 892 g/mol. The number of esters is 1. The van der Waals surface area contributed by atoms with E-state index in [4.69, 9.17) is 13.8 Å². The van der Waals surface area contributed by atoms with Gasteiger partial charge in [-0.1, -0.05) is 277 Å².